The van der Waals surface area contributed by atoms with Crippen molar-refractivity contribution in [1.82, 2.24) is 0 Å². The SMILES string of the molecule is O=C(OCc1c2ccccc2c(COC(=O)c2cccc(Br)c2)c2ccccc12)c1cccc(Br)c1. The summed E-state index contributed by atoms with van der Waals surface area (Å²) >= 11 is 6.79. The van der Waals surface area contributed by atoms with E-state index in [4.69, 9.17) is 9.47 Å². The van der Waals surface area contributed by atoms with Crippen molar-refractivity contribution < 1.29 is 19.1 Å². The molecule has 0 aliphatic rings. The molecule has 0 amide bonds. The lowest BCUT2D eigenvalue weighted by Crippen LogP contribution is -2.08. The molecule has 0 aliphatic heterocycles. The van der Waals surface area contributed by atoms with Crippen molar-refractivity contribution in [3.63, 3.8) is 0 Å². The van der Waals surface area contributed by atoms with E-state index in [2.05, 4.69) is 31.9 Å². The summed E-state index contributed by atoms with van der Waals surface area (Å²) in [5, 5.41) is 3.80. The largest absolute Gasteiger partial charge is 0.457 e. The first-order chi connectivity index (χ1) is 17.5. The van der Waals surface area contributed by atoms with Crippen molar-refractivity contribution in [1.29, 1.82) is 0 Å². The summed E-state index contributed by atoms with van der Waals surface area (Å²) in [7, 11) is 0. The molecule has 0 aromatic heterocycles. The maximum absolute atomic E-state index is 12.7. The van der Waals surface area contributed by atoms with Gasteiger partial charge in [0.05, 0.1) is 11.1 Å². The van der Waals surface area contributed by atoms with Crippen LogP contribution >= 0.6 is 31.9 Å². The fraction of sp³-hybridized carbons (Fsp3) is 0.0667. The van der Waals surface area contributed by atoms with Crippen molar-refractivity contribution in [3.8, 4) is 0 Å². The van der Waals surface area contributed by atoms with Crippen molar-refractivity contribution in [2.45, 2.75) is 13.2 Å². The molecule has 5 aromatic carbocycles. The summed E-state index contributed by atoms with van der Waals surface area (Å²) in [5.74, 6) is -0.784. The zero-order valence-electron chi connectivity index (χ0n) is 19.0. The van der Waals surface area contributed by atoms with Gasteiger partial charge >= 0.3 is 11.9 Å². The number of halogens is 2. The Morgan fingerprint density at radius 1 is 0.528 bits per heavy atom. The van der Waals surface area contributed by atoms with Crippen LogP contribution in [0.15, 0.2) is 106 Å². The summed E-state index contributed by atoms with van der Waals surface area (Å²) in [6.45, 7) is 0.231. The average Bonchev–Trinajstić information content (AvgIpc) is 2.90. The molecule has 0 fully saturated rings. The minimum Gasteiger partial charge on any atom is -0.457 e. The van der Waals surface area contributed by atoms with Crippen molar-refractivity contribution in [2.24, 2.45) is 0 Å². The second kappa shape index (κ2) is 10.6. The molecular formula is C30H20Br2O4. The Labute approximate surface area is 225 Å². The van der Waals surface area contributed by atoms with Gasteiger partial charge in [0.25, 0.3) is 0 Å². The van der Waals surface area contributed by atoms with E-state index < -0.39 is 11.9 Å². The van der Waals surface area contributed by atoms with Crippen LogP contribution in [0.3, 0.4) is 0 Å². The number of fused-ring (bicyclic) bond motifs is 2. The summed E-state index contributed by atoms with van der Waals surface area (Å²) in [4.78, 5) is 25.5. The molecule has 0 saturated heterocycles. The van der Waals surface area contributed by atoms with Crippen LogP contribution in [0, 0.1) is 0 Å². The van der Waals surface area contributed by atoms with E-state index in [9.17, 15) is 9.59 Å². The minimum absolute atomic E-state index is 0.116. The molecule has 178 valence electrons. The number of carbonyl (C=O) groups excluding carboxylic acids is 2. The molecule has 36 heavy (non-hydrogen) atoms. The Morgan fingerprint density at radius 2 is 0.889 bits per heavy atom. The van der Waals surface area contributed by atoms with Crippen LogP contribution in [0.4, 0.5) is 0 Å². The Bertz CT molecular complexity index is 1430. The Morgan fingerprint density at radius 3 is 1.22 bits per heavy atom. The molecule has 0 atom stereocenters. The zero-order valence-corrected chi connectivity index (χ0v) is 22.2. The molecule has 6 heteroatoms. The topological polar surface area (TPSA) is 52.6 Å². The van der Waals surface area contributed by atoms with Crippen LogP contribution < -0.4 is 0 Å². The zero-order chi connectivity index (χ0) is 25.1. The normalized spacial score (nSPS) is 10.9. The first kappa shape index (κ1) is 24.2. The molecule has 0 aliphatic carbocycles. The fourth-order valence-corrected chi connectivity index (χ4v) is 5.09. The second-order valence-electron chi connectivity index (χ2n) is 8.22. The van der Waals surface area contributed by atoms with Gasteiger partial charge in [0.15, 0.2) is 0 Å². The van der Waals surface area contributed by atoms with Gasteiger partial charge in [-0.3, -0.25) is 0 Å². The Balaban J connectivity index is 1.50. The van der Waals surface area contributed by atoms with Gasteiger partial charge in [-0.25, -0.2) is 9.59 Å². The summed E-state index contributed by atoms with van der Waals surface area (Å²) < 4.78 is 13.1. The van der Waals surface area contributed by atoms with Gasteiger partial charge in [0.1, 0.15) is 13.2 Å². The number of benzene rings is 5. The quantitative estimate of drug-likeness (QED) is 0.145. The first-order valence-electron chi connectivity index (χ1n) is 11.3. The fourth-order valence-electron chi connectivity index (χ4n) is 4.29. The highest BCUT2D eigenvalue weighted by Gasteiger charge is 2.17. The molecule has 5 aromatic rings. The highest BCUT2D eigenvalue weighted by Crippen LogP contribution is 2.34. The Kier molecular flexibility index (Phi) is 7.16. The van der Waals surface area contributed by atoms with Gasteiger partial charge in [-0.1, -0.05) is 92.5 Å². The van der Waals surface area contributed by atoms with E-state index in [0.717, 1.165) is 41.6 Å². The molecule has 0 saturated carbocycles. The van der Waals surface area contributed by atoms with Gasteiger partial charge in [0, 0.05) is 20.1 Å². The maximum atomic E-state index is 12.7. The van der Waals surface area contributed by atoms with Crippen LogP contribution in [0.2, 0.25) is 0 Å². The van der Waals surface area contributed by atoms with Gasteiger partial charge in [-0.15, -0.1) is 0 Å². The highest BCUT2D eigenvalue weighted by atomic mass is 79.9. The summed E-state index contributed by atoms with van der Waals surface area (Å²) in [5.41, 5.74) is 2.78. The molecule has 0 radical (unpaired) electrons. The van der Waals surface area contributed by atoms with Gasteiger partial charge < -0.3 is 9.47 Å². The van der Waals surface area contributed by atoms with E-state index >= 15 is 0 Å². The lowest BCUT2D eigenvalue weighted by molar-refractivity contribution is 0.0465. The van der Waals surface area contributed by atoms with Crippen LogP contribution in [0.25, 0.3) is 21.5 Å². The lowest BCUT2D eigenvalue weighted by Gasteiger charge is -2.17. The van der Waals surface area contributed by atoms with Crippen molar-refractivity contribution >= 4 is 65.3 Å². The molecule has 0 N–H and O–H groups in total. The Hall–Kier alpha value is -3.48. The molecule has 0 bridgehead atoms. The number of hydrogen-bond acceptors (Lipinski definition) is 4. The van der Waals surface area contributed by atoms with Crippen molar-refractivity contribution in [2.75, 3.05) is 0 Å². The minimum atomic E-state index is -0.392. The van der Waals surface area contributed by atoms with Gasteiger partial charge in [-0.05, 0) is 57.9 Å². The monoisotopic (exact) mass is 602 g/mol. The number of ether oxygens (including phenoxy) is 2. The van der Waals surface area contributed by atoms with E-state index in [1.165, 1.54) is 0 Å². The third-order valence-corrected chi connectivity index (χ3v) is 6.96. The lowest BCUT2D eigenvalue weighted by atomic mass is 9.92. The standard InChI is InChI=1S/C30H20Br2O4/c31-21-9-5-7-19(15-21)29(33)35-17-27-23-11-1-2-12-24(23)28(26-14-4-3-13-25(26)27)18-36-30(34)20-8-6-10-22(32)16-20/h1-16H,17-18H2. The summed E-state index contributed by atoms with van der Waals surface area (Å²) in [6.07, 6.45) is 0. The molecule has 4 nitrogen and oxygen atoms in total. The van der Waals surface area contributed by atoms with Crippen LogP contribution in [0.5, 0.6) is 0 Å². The summed E-state index contributed by atoms with van der Waals surface area (Å²) in [6, 6.07) is 30.1. The van der Waals surface area contributed by atoms with Gasteiger partial charge in [-0.2, -0.15) is 0 Å². The molecule has 5 rings (SSSR count). The molecule has 0 heterocycles. The number of hydrogen-bond donors (Lipinski definition) is 0. The van der Waals surface area contributed by atoms with E-state index in [1.807, 2.05) is 60.7 Å². The average molecular weight is 604 g/mol. The van der Waals surface area contributed by atoms with Gasteiger partial charge in [0.2, 0.25) is 0 Å². The third-order valence-electron chi connectivity index (χ3n) is 5.97. The van der Waals surface area contributed by atoms with Crippen LogP contribution in [-0.4, -0.2) is 11.9 Å². The first-order valence-corrected chi connectivity index (χ1v) is 12.9. The molecule has 0 spiro atoms. The number of esters is 2. The third kappa shape index (κ3) is 5.06. The van der Waals surface area contributed by atoms with Crippen LogP contribution in [-0.2, 0) is 22.7 Å². The van der Waals surface area contributed by atoms with Crippen LogP contribution in [0.1, 0.15) is 31.8 Å². The van der Waals surface area contributed by atoms with E-state index in [1.54, 1.807) is 36.4 Å². The van der Waals surface area contributed by atoms with Crippen molar-refractivity contribution in [3.05, 3.63) is 128 Å². The van der Waals surface area contributed by atoms with E-state index in [-0.39, 0.29) is 13.2 Å². The van der Waals surface area contributed by atoms with E-state index in [0.29, 0.717) is 11.1 Å². The smallest absolute Gasteiger partial charge is 0.338 e. The predicted octanol–water partition coefficient (Wildman–Crippen LogP) is 8.23. The number of rotatable bonds is 6. The molecular weight excluding hydrogens is 584 g/mol. The second-order valence-corrected chi connectivity index (χ2v) is 10.1. The maximum Gasteiger partial charge on any atom is 0.338 e. The number of carbonyl (C=O) groups is 2. The molecule has 0 unspecified atom stereocenters. The predicted molar refractivity (Wildman–Crippen MR) is 148 cm³/mol. The highest BCUT2D eigenvalue weighted by molar-refractivity contribution is 9.10.